The fourth-order valence-electron chi connectivity index (χ4n) is 3.04. The van der Waals surface area contributed by atoms with Crippen LogP contribution in [0.15, 0.2) is 77.7 Å². The minimum atomic E-state index is -4.71. The molecule has 0 spiro atoms. The number of benzene rings is 3. The summed E-state index contributed by atoms with van der Waals surface area (Å²) in [5, 5.41) is 2.32. The van der Waals surface area contributed by atoms with Crippen LogP contribution in [0.25, 0.3) is 0 Å². The maximum Gasteiger partial charge on any atom is 0.418 e. The number of carbonyl (C=O) groups is 1. The number of nitrogens with one attached hydrogen (secondary N) is 1. The van der Waals surface area contributed by atoms with Gasteiger partial charge in [0.2, 0.25) is 5.91 Å². The zero-order valence-corrected chi connectivity index (χ0v) is 18.7. The lowest BCUT2D eigenvalue weighted by Crippen LogP contribution is -2.38. The molecule has 0 aliphatic rings. The van der Waals surface area contributed by atoms with E-state index >= 15 is 0 Å². The van der Waals surface area contributed by atoms with Gasteiger partial charge in [0.25, 0.3) is 10.0 Å². The second-order valence-corrected chi connectivity index (χ2v) is 9.03. The summed E-state index contributed by atoms with van der Waals surface area (Å²) in [4.78, 5) is 12.7. The first-order valence-electron chi connectivity index (χ1n) is 9.41. The molecule has 3 aromatic carbocycles. The van der Waals surface area contributed by atoms with Crippen LogP contribution >= 0.6 is 11.6 Å². The van der Waals surface area contributed by atoms with Crippen LogP contribution in [-0.2, 0) is 21.0 Å². The lowest BCUT2D eigenvalue weighted by Gasteiger charge is -2.26. The number of methoxy groups -OCH3 is 1. The molecule has 174 valence electrons. The van der Waals surface area contributed by atoms with Crippen LogP contribution in [0.3, 0.4) is 0 Å². The van der Waals surface area contributed by atoms with Crippen molar-refractivity contribution in [3.63, 3.8) is 0 Å². The summed E-state index contributed by atoms with van der Waals surface area (Å²) in [5.41, 5.74) is -1.60. The molecular formula is C22H18ClF3N2O4S. The molecule has 11 heteroatoms. The van der Waals surface area contributed by atoms with Gasteiger partial charge >= 0.3 is 6.18 Å². The van der Waals surface area contributed by atoms with E-state index in [-0.39, 0.29) is 21.4 Å². The lowest BCUT2D eigenvalue weighted by atomic mass is 10.1. The van der Waals surface area contributed by atoms with Crippen LogP contribution < -0.4 is 14.4 Å². The maximum atomic E-state index is 13.4. The van der Waals surface area contributed by atoms with Gasteiger partial charge in [-0.05, 0) is 42.5 Å². The van der Waals surface area contributed by atoms with Gasteiger partial charge in [0.15, 0.2) is 0 Å². The Labute approximate surface area is 193 Å². The molecule has 1 amide bonds. The van der Waals surface area contributed by atoms with E-state index in [1.54, 1.807) is 6.07 Å². The van der Waals surface area contributed by atoms with Crippen LogP contribution in [-0.4, -0.2) is 28.0 Å². The normalized spacial score (nSPS) is 11.7. The Morgan fingerprint density at radius 3 is 2.30 bits per heavy atom. The van der Waals surface area contributed by atoms with Gasteiger partial charge in [-0.1, -0.05) is 41.9 Å². The molecular weight excluding hydrogens is 481 g/mol. The molecule has 0 bridgehead atoms. The largest absolute Gasteiger partial charge is 0.495 e. The van der Waals surface area contributed by atoms with Gasteiger partial charge in [0.05, 0.1) is 28.9 Å². The third-order valence-corrected chi connectivity index (χ3v) is 6.54. The fraction of sp³-hybridized carbons (Fsp3) is 0.136. The number of hydrogen-bond acceptors (Lipinski definition) is 4. The first kappa shape index (κ1) is 24.4. The Kier molecular flexibility index (Phi) is 7.19. The molecule has 0 aliphatic carbocycles. The first-order chi connectivity index (χ1) is 15.5. The first-order valence-corrected chi connectivity index (χ1v) is 11.2. The van der Waals surface area contributed by atoms with Crippen LogP contribution in [0.2, 0.25) is 5.02 Å². The molecule has 33 heavy (non-hydrogen) atoms. The molecule has 1 N–H and O–H groups in total. The molecule has 0 heterocycles. The third-order valence-electron chi connectivity index (χ3n) is 4.53. The molecule has 0 fully saturated rings. The highest BCUT2D eigenvalue weighted by Crippen LogP contribution is 2.36. The average molecular weight is 499 g/mol. The number of rotatable bonds is 7. The number of ether oxygens (including phenoxy) is 1. The number of anilines is 2. The second kappa shape index (κ2) is 9.72. The van der Waals surface area contributed by atoms with Crippen LogP contribution in [0.1, 0.15) is 5.56 Å². The van der Waals surface area contributed by atoms with E-state index in [9.17, 15) is 26.4 Å². The molecule has 0 unspecified atom stereocenters. The van der Waals surface area contributed by atoms with Gasteiger partial charge < -0.3 is 10.1 Å². The van der Waals surface area contributed by atoms with Crippen molar-refractivity contribution >= 4 is 38.9 Å². The van der Waals surface area contributed by atoms with Crippen molar-refractivity contribution < 1.29 is 31.1 Å². The van der Waals surface area contributed by atoms with Crippen molar-refractivity contribution in [1.82, 2.24) is 0 Å². The molecule has 0 saturated heterocycles. The Bertz CT molecular complexity index is 1250. The number of halogens is 4. The van der Waals surface area contributed by atoms with Gasteiger partial charge in [-0.2, -0.15) is 13.2 Å². The monoisotopic (exact) mass is 498 g/mol. The van der Waals surface area contributed by atoms with E-state index in [0.717, 1.165) is 16.4 Å². The molecule has 3 rings (SSSR count). The number of amides is 1. The van der Waals surface area contributed by atoms with Gasteiger partial charge in [0, 0.05) is 5.02 Å². The SMILES string of the molecule is COc1ccc(Cl)cc1N(CC(=O)Nc1ccccc1C(F)(F)F)S(=O)(=O)c1ccccc1. The van der Waals surface area contributed by atoms with E-state index in [2.05, 4.69) is 5.32 Å². The van der Waals surface area contributed by atoms with E-state index in [0.29, 0.717) is 0 Å². The fourth-order valence-corrected chi connectivity index (χ4v) is 4.65. The molecule has 0 saturated carbocycles. The molecule has 0 atom stereocenters. The highest BCUT2D eigenvalue weighted by Gasteiger charge is 2.34. The number of nitrogens with zero attached hydrogens (tertiary/aromatic N) is 1. The number of para-hydroxylation sites is 1. The lowest BCUT2D eigenvalue weighted by molar-refractivity contribution is -0.137. The summed E-state index contributed by atoms with van der Waals surface area (Å²) < 4.78 is 72.6. The zero-order valence-electron chi connectivity index (χ0n) is 17.1. The summed E-state index contributed by atoms with van der Waals surface area (Å²) in [6, 6.07) is 15.8. The standard InChI is InChI=1S/C22H18ClF3N2O4S/c1-32-20-12-11-15(23)13-19(20)28(33(30,31)16-7-3-2-4-8-16)14-21(29)27-18-10-6-5-9-17(18)22(24,25)26/h2-13H,14H2,1H3,(H,27,29). The summed E-state index contributed by atoms with van der Waals surface area (Å²) in [6.45, 7) is -0.833. The Hall–Kier alpha value is -3.24. The maximum absolute atomic E-state index is 13.4. The Morgan fingerprint density at radius 1 is 1.03 bits per heavy atom. The van der Waals surface area contributed by atoms with Crippen molar-refractivity contribution in [2.45, 2.75) is 11.1 Å². The summed E-state index contributed by atoms with van der Waals surface area (Å²) in [6.07, 6.45) is -4.71. The van der Waals surface area contributed by atoms with E-state index < -0.39 is 39.9 Å². The van der Waals surface area contributed by atoms with Crippen molar-refractivity contribution in [3.8, 4) is 5.75 Å². The van der Waals surface area contributed by atoms with E-state index in [1.807, 2.05) is 0 Å². The highest BCUT2D eigenvalue weighted by molar-refractivity contribution is 7.92. The Balaban J connectivity index is 2.04. The Morgan fingerprint density at radius 2 is 1.67 bits per heavy atom. The van der Waals surface area contributed by atoms with Crippen molar-refractivity contribution in [3.05, 3.63) is 83.4 Å². The van der Waals surface area contributed by atoms with Gasteiger partial charge in [-0.15, -0.1) is 0 Å². The van der Waals surface area contributed by atoms with Crippen LogP contribution in [0.4, 0.5) is 24.5 Å². The quantitative estimate of drug-likeness (QED) is 0.486. The average Bonchev–Trinajstić information content (AvgIpc) is 2.77. The highest BCUT2D eigenvalue weighted by atomic mass is 35.5. The van der Waals surface area contributed by atoms with Crippen molar-refractivity contribution in [2.24, 2.45) is 0 Å². The minimum absolute atomic E-state index is 0.0480. The molecule has 0 aromatic heterocycles. The molecule has 6 nitrogen and oxygen atoms in total. The molecule has 3 aromatic rings. The van der Waals surface area contributed by atoms with E-state index in [4.69, 9.17) is 16.3 Å². The van der Waals surface area contributed by atoms with Crippen LogP contribution in [0, 0.1) is 0 Å². The molecule has 0 radical (unpaired) electrons. The topological polar surface area (TPSA) is 75.7 Å². The van der Waals surface area contributed by atoms with Crippen molar-refractivity contribution in [1.29, 1.82) is 0 Å². The second-order valence-electron chi connectivity index (χ2n) is 6.73. The summed E-state index contributed by atoms with van der Waals surface area (Å²) >= 11 is 6.05. The number of sulfonamides is 1. The summed E-state index contributed by atoms with van der Waals surface area (Å²) in [5.74, 6) is -0.893. The molecule has 0 aliphatic heterocycles. The van der Waals surface area contributed by atoms with Crippen LogP contribution in [0.5, 0.6) is 5.75 Å². The number of hydrogen-bond donors (Lipinski definition) is 1. The van der Waals surface area contributed by atoms with E-state index in [1.165, 1.54) is 61.7 Å². The predicted octanol–water partition coefficient (Wildman–Crippen LogP) is 5.20. The number of alkyl halides is 3. The van der Waals surface area contributed by atoms with Gasteiger partial charge in [-0.25, -0.2) is 8.42 Å². The minimum Gasteiger partial charge on any atom is -0.495 e. The van der Waals surface area contributed by atoms with Crippen molar-refractivity contribution in [2.75, 3.05) is 23.3 Å². The van der Waals surface area contributed by atoms with Gasteiger partial charge in [0.1, 0.15) is 12.3 Å². The zero-order chi connectivity index (χ0) is 24.2. The predicted molar refractivity (Wildman–Crippen MR) is 119 cm³/mol. The summed E-state index contributed by atoms with van der Waals surface area (Å²) in [7, 11) is -3.01. The third kappa shape index (κ3) is 5.58. The number of carbonyl (C=O) groups excluding carboxylic acids is 1. The smallest absolute Gasteiger partial charge is 0.418 e. The van der Waals surface area contributed by atoms with Gasteiger partial charge in [-0.3, -0.25) is 9.10 Å².